The molecule has 6 nitrogen and oxygen atoms in total. The molecule has 0 saturated carbocycles. The average Bonchev–Trinajstić information content (AvgIpc) is 3.48. The van der Waals surface area contributed by atoms with E-state index in [-0.39, 0.29) is 43.8 Å². The first-order valence-corrected chi connectivity index (χ1v) is 11.2. The molecule has 0 saturated heterocycles. The number of thiazole rings is 1. The van der Waals surface area contributed by atoms with E-state index >= 15 is 0 Å². The van der Waals surface area contributed by atoms with Gasteiger partial charge in [-0.3, -0.25) is 0 Å². The molecule has 0 fully saturated rings. The summed E-state index contributed by atoms with van der Waals surface area (Å²) in [4.78, 5) is 9.07. The van der Waals surface area contributed by atoms with Crippen LogP contribution in [0.1, 0.15) is 41.7 Å². The zero-order valence-corrected chi connectivity index (χ0v) is 22.2. The fourth-order valence-corrected chi connectivity index (χ4v) is 4.62. The number of H-pyrrole nitrogens is 1. The average molecular weight is 557 g/mol. The topological polar surface area (TPSA) is 89.5 Å². The lowest BCUT2D eigenvalue weighted by molar-refractivity contribution is -0.765. The van der Waals surface area contributed by atoms with Crippen LogP contribution in [0.4, 0.5) is 4.39 Å². The van der Waals surface area contributed by atoms with E-state index in [0.717, 1.165) is 28.5 Å². The normalized spacial score (nSPS) is 12.8. The van der Waals surface area contributed by atoms with E-state index in [0.29, 0.717) is 11.1 Å². The van der Waals surface area contributed by atoms with Gasteiger partial charge in [-0.1, -0.05) is 38.1 Å². The second-order valence-corrected chi connectivity index (χ2v) is 8.59. The first-order valence-electron chi connectivity index (χ1n) is 10.3. The molecule has 4 rings (SSSR count). The Morgan fingerprint density at radius 3 is 2.54 bits per heavy atom. The molecule has 2 aromatic heterocycles. The Hall–Kier alpha value is -2.54. The molecule has 0 unspecified atom stereocenters. The Kier molecular flexibility index (Phi) is 11.3. The van der Waals surface area contributed by atoms with Gasteiger partial charge < -0.3 is 17.5 Å². The number of hydrogen-bond acceptors (Lipinski definition) is 5. The van der Waals surface area contributed by atoms with Crippen molar-refractivity contribution in [2.45, 2.75) is 38.3 Å². The lowest BCUT2D eigenvalue weighted by atomic mass is 9.82. The molecule has 186 valence electrons. The molecule has 35 heavy (non-hydrogen) atoms. The zero-order chi connectivity index (χ0) is 22.7. The van der Waals surface area contributed by atoms with Crippen LogP contribution in [0.5, 0.6) is 0 Å². The van der Waals surface area contributed by atoms with Gasteiger partial charge >= 0.3 is 6.33 Å². The second kappa shape index (κ2) is 13.0. The minimum atomic E-state index is -1.43. The van der Waals surface area contributed by atoms with Crippen molar-refractivity contribution in [3.05, 3.63) is 88.0 Å². The summed E-state index contributed by atoms with van der Waals surface area (Å²) >= 11 is 1.44. The number of aryl methyl sites for hydroxylation is 1. The summed E-state index contributed by atoms with van der Waals surface area (Å²) in [6.07, 6.45) is 2.38. The molecule has 0 amide bonds. The van der Waals surface area contributed by atoms with Crippen molar-refractivity contribution in [2.24, 2.45) is 0 Å². The molecule has 2 aromatic carbocycles. The van der Waals surface area contributed by atoms with Gasteiger partial charge in [-0.15, -0.1) is 36.2 Å². The quantitative estimate of drug-likeness (QED) is 0.341. The van der Waals surface area contributed by atoms with Gasteiger partial charge in [-0.25, -0.2) is 9.37 Å². The van der Waals surface area contributed by atoms with E-state index in [1.54, 1.807) is 35.3 Å². The van der Waals surface area contributed by atoms with Gasteiger partial charge in [-0.05, 0) is 34.8 Å². The number of aromatic amines is 1. The number of halogens is 4. The number of nitrogens with zero attached hydrogens (tertiary/aromatic N) is 4. The summed E-state index contributed by atoms with van der Waals surface area (Å²) < 4.78 is 15.8. The van der Waals surface area contributed by atoms with Crippen LogP contribution >= 0.6 is 36.2 Å². The van der Waals surface area contributed by atoms with Crippen LogP contribution in [0, 0.1) is 17.1 Å². The molecule has 0 bridgehead atoms. The zero-order valence-electron chi connectivity index (χ0n) is 19.0. The Morgan fingerprint density at radius 1 is 1.23 bits per heavy atom. The molecule has 2 N–H and O–H groups in total. The molecular formula is C24H25Cl3FN5OS. The molecule has 4 aromatic rings. The monoisotopic (exact) mass is 555 g/mol. The molecule has 11 heteroatoms. The third kappa shape index (κ3) is 6.57. The van der Waals surface area contributed by atoms with Gasteiger partial charge in [0.25, 0.3) is 5.82 Å². The highest BCUT2D eigenvalue weighted by atomic mass is 35.5. The molecule has 0 aliphatic rings. The minimum absolute atomic E-state index is 0. The number of aromatic nitrogens is 4. The van der Waals surface area contributed by atoms with Crippen molar-refractivity contribution in [1.29, 1.82) is 5.26 Å². The van der Waals surface area contributed by atoms with Crippen molar-refractivity contribution in [3.63, 3.8) is 0 Å². The largest absolute Gasteiger partial charge is 1.00 e. The molecule has 0 aliphatic carbocycles. The van der Waals surface area contributed by atoms with Crippen molar-refractivity contribution in [2.75, 3.05) is 0 Å². The van der Waals surface area contributed by atoms with Gasteiger partial charge in [0.15, 0.2) is 0 Å². The van der Waals surface area contributed by atoms with Crippen LogP contribution < -0.4 is 17.1 Å². The summed E-state index contributed by atoms with van der Waals surface area (Å²) in [6.45, 7) is 4.05. The maximum absolute atomic E-state index is 14.1. The lowest BCUT2D eigenvalue weighted by Gasteiger charge is -2.31. The maximum atomic E-state index is 14.1. The summed E-state index contributed by atoms with van der Waals surface area (Å²) in [7, 11) is 0. The first-order chi connectivity index (χ1) is 15.4. The second-order valence-electron chi connectivity index (χ2n) is 7.70. The van der Waals surface area contributed by atoms with Gasteiger partial charge in [0.05, 0.1) is 22.3 Å². The third-order valence-corrected chi connectivity index (χ3v) is 6.64. The van der Waals surface area contributed by atoms with E-state index in [4.69, 9.17) is 10.2 Å². The van der Waals surface area contributed by atoms with Crippen LogP contribution in [0.2, 0.25) is 0 Å². The van der Waals surface area contributed by atoms with Gasteiger partial charge in [0.2, 0.25) is 0 Å². The number of rotatable bonds is 7. The van der Waals surface area contributed by atoms with Crippen molar-refractivity contribution in [1.82, 2.24) is 15.1 Å². The Labute approximate surface area is 226 Å². The SMILES string of the molecule is CCc1nc[n+](C[C@](O)(c2cccc(F)c2)[C@@H](C)c2nc(-c3ccc(C#N)cc3)cs2)[nH]1.Cl.Cl.[Cl-]. The van der Waals surface area contributed by atoms with Gasteiger partial charge in [0.1, 0.15) is 18.0 Å². The number of nitriles is 1. The van der Waals surface area contributed by atoms with Crippen LogP contribution in [-0.2, 0) is 18.6 Å². The summed E-state index contributed by atoms with van der Waals surface area (Å²) in [5.41, 5.74) is 1.29. The highest BCUT2D eigenvalue weighted by molar-refractivity contribution is 7.10. The van der Waals surface area contributed by atoms with Crippen LogP contribution in [-0.4, -0.2) is 20.2 Å². The fraction of sp³-hybridized carbons (Fsp3) is 0.250. The van der Waals surface area contributed by atoms with Gasteiger partial charge in [-0.2, -0.15) is 15.0 Å². The van der Waals surface area contributed by atoms with Crippen molar-refractivity contribution in [3.8, 4) is 17.3 Å². The standard InChI is InChI=1S/C24H22FN5OS.3ClH/c1-3-22-27-15-30(29-22)14-24(31,19-5-4-6-20(25)11-19)16(2)23-28-21(13-32-23)18-9-7-17(12-26)8-10-18;;;/h4-11,13,15-16,31H,3,14H2,1-2H3;3*1H/t16-,24+;;;/m0.../s1. The molecule has 2 atom stereocenters. The predicted octanol–water partition coefficient (Wildman–Crippen LogP) is 1.93. The molecular weight excluding hydrogens is 532 g/mol. The van der Waals surface area contributed by atoms with Gasteiger partial charge in [0, 0.05) is 23.3 Å². The number of nitrogens with one attached hydrogen (secondary N) is 1. The Bertz CT molecular complexity index is 1270. The summed E-state index contributed by atoms with van der Waals surface area (Å²) in [5, 5.41) is 26.7. The number of hydrogen-bond donors (Lipinski definition) is 2. The summed E-state index contributed by atoms with van der Waals surface area (Å²) in [6, 6.07) is 15.4. The lowest BCUT2D eigenvalue weighted by Crippen LogP contribution is -3.00. The van der Waals surface area contributed by atoms with E-state index in [9.17, 15) is 9.50 Å². The van der Waals surface area contributed by atoms with E-state index in [1.807, 2.05) is 31.4 Å². The maximum Gasteiger partial charge on any atom is 0.307 e. The Morgan fingerprint density at radius 2 is 1.94 bits per heavy atom. The summed E-state index contributed by atoms with van der Waals surface area (Å²) in [5.74, 6) is -0.0340. The predicted molar refractivity (Wildman–Crippen MR) is 134 cm³/mol. The van der Waals surface area contributed by atoms with E-state index < -0.39 is 17.3 Å². The molecule has 0 spiro atoms. The highest BCUT2D eigenvalue weighted by Crippen LogP contribution is 2.39. The fourth-order valence-electron chi connectivity index (χ4n) is 3.65. The van der Waals surface area contributed by atoms with Crippen LogP contribution in [0.3, 0.4) is 0 Å². The molecule has 0 aliphatic heterocycles. The van der Waals surface area contributed by atoms with Crippen molar-refractivity contribution >= 4 is 36.2 Å². The van der Waals surface area contributed by atoms with Crippen LogP contribution in [0.15, 0.2) is 60.2 Å². The first kappa shape index (κ1) is 30.5. The van der Waals surface area contributed by atoms with Crippen molar-refractivity contribution < 1.29 is 26.6 Å². The highest BCUT2D eigenvalue weighted by Gasteiger charge is 2.41. The van der Waals surface area contributed by atoms with Crippen LogP contribution in [0.25, 0.3) is 11.3 Å². The smallest absolute Gasteiger partial charge is 0.307 e. The minimum Gasteiger partial charge on any atom is -1.00 e. The molecule has 0 radical (unpaired) electrons. The number of aliphatic hydroxyl groups is 1. The number of benzene rings is 2. The van der Waals surface area contributed by atoms with E-state index in [1.165, 1.54) is 23.5 Å². The Balaban J connectivity index is 0.00000204. The third-order valence-electron chi connectivity index (χ3n) is 5.61. The molecule has 2 heterocycles. The van der Waals surface area contributed by atoms with E-state index in [2.05, 4.69) is 16.2 Å².